The van der Waals surface area contributed by atoms with Crippen molar-refractivity contribution in [2.75, 3.05) is 4.90 Å². The normalized spacial score (nSPS) is 12.3. The molecule has 6 heterocycles. The second kappa shape index (κ2) is 17.0. The maximum atomic E-state index is 2.47. The third kappa shape index (κ3) is 6.37. The van der Waals surface area contributed by atoms with E-state index >= 15 is 0 Å². The Kier molecular flexibility index (Phi) is 9.52. The third-order valence-corrected chi connectivity index (χ3v) is 23.8. The molecule has 0 unspecified atom stereocenters. The van der Waals surface area contributed by atoms with E-state index in [4.69, 9.17) is 0 Å². The molecule has 0 saturated heterocycles. The van der Waals surface area contributed by atoms with Crippen LogP contribution < -0.4 is 4.90 Å². The number of nitrogens with zero attached hydrogens (tertiary/aromatic N) is 4. The Balaban J connectivity index is 0.804. The van der Waals surface area contributed by atoms with E-state index in [1.54, 1.807) is 0 Å². The zero-order valence-electron chi connectivity index (χ0n) is 42.3. The summed E-state index contributed by atoms with van der Waals surface area (Å²) >= 11 is 0.871. The van der Waals surface area contributed by atoms with Gasteiger partial charge in [-0.25, -0.2) is 0 Å². The van der Waals surface area contributed by atoms with Gasteiger partial charge in [0.2, 0.25) is 0 Å². The van der Waals surface area contributed by atoms with Crippen molar-refractivity contribution in [1.82, 2.24) is 13.7 Å². The van der Waals surface area contributed by atoms with Crippen LogP contribution in [-0.4, -0.2) is 57.2 Å². The van der Waals surface area contributed by atoms with Crippen LogP contribution in [0.3, 0.4) is 0 Å². The number of anilines is 3. The summed E-state index contributed by atoms with van der Waals surface area (Å²) in [5.74, 6) is 0. The van der Waals surface area contributed by atoms with Crippen molar-refractivity contribution >= 4 is 184 Å². The SMILES string of the molecule is c1ccc2c(c1)[se]c1ccc3c(c4ccccc4n3-c3ccc(N(c4ccc(-n5c6ccccc6c6c7c(ccc65)[se]c5ccccc57)cc4)c4ccc(-n5c6ccccc6c6c7c(ccc65)[se]c5ccccc57)cc4)cc3)c12. The molecule has 18 aromatic rings. The van der Waals surface area contributed by atoms with E-state index in [1.807, 2.05) is 0 Å². The van der Waals surface area contributed by atoms with Gasteiger partial charge in [0, 0.05) is 0 Å². The minimum absolute atomic E-state index is 0.290. The number of hydrogen-bond acceptors (Lipinski definition) is 1. The van der Waals surface area contributed by atoms with Crippen LogP contribution in [0, 0.1) is 0 Å². The Morgan fingerprint density at radius 2 is 0.468 bits per heavy atom. The second-order valence-electron chi connectivity index (χ2n) is 20.7. The quantitative estimate of drug-likeness (QED) is 0.152. The molecular weight excluding hydrogens is 1160 g/mol. The topological polar surface area (TPSA) is 18.0 Å². The number of aromatic nitrogens is 3. The summed E-state index contributed by atoms with van der Waals surface area (Å²) < 4.78 is 16.2. The number of fused-ring (bicyclic) bond motifs is 21. The van der Waals surface area contributed by atoms with Gasteiger partial charge in [0.1, 0.15) is 0 Å². The van der Waals surface area contributed by atoms with Crippen molar-refractivity contribution in [3.05, 3.63) is 255 Å². The Labute approximate surface area is 470 Å². The number of para-hydroxylation sites is 3. The molecule has 7 heteroatoms. The van der Waals surface area contributed by atoms with Gasteiger partial charge >= 0.3 is 474 Å². The first-order valence-electron chi connectivity index (χ1n) is 26.8. The van der Waals surface area contributed by atoms with Crippen molar-refractivity contribution in [2.24, 2.45) is 0 Å². The molecule has 0 aliphatic heterocycles. The van der Waals surface area contributed by atoms with Crippen LogP contribution in [0.1, 0.15) is 0 Å². The molecule has 0 fully saturated rings. The van der Waals surface area contributed by atoms with Gasteiger partial charge in [-0.05, 0) is 0 Å². The first-order chi connectivity index (χ1) is 39.2. The zero-order chi connectivity index (χ0) is 51.4. The Morgan fingerprint density at radius 1 is 0.203 bits per heavy atom. The zero-order valence-corrected chi connectivity index (χ0v) is 47.4. The fraction of sp³-hybridized carbons (Fsp3) is 0. The molecule has 0 saturated carbocycles. The average molecular weight is 1200 g/mol. The summed E-state index contributed by atoms with van der Waals surface area (Å²) in [6.07, 6.45) is 0. The fourth-order valence-corrected chi connectivity index (χ4v) is 20.4. The molecule has 0 atom stereocenters. The summed E-state index contributed by atoms with van der Waals surface area (Å²) in [6.45, 7) is 0. The molecular formula is C72H42N4Se3. The second-order valence-corrected chi connectivity index (χ2v) is 27.6. The molecule has 0 aliphatic carbocycles. The van der Waals surface area contributed by atoms with E-state index in [1.165, 1.54) is 123 Å². The monoisotopic (exact) mass is 1200 g/mol. The van der Waals surface area contributed by atoms with Crippen LogP contribution in [0.2, 0.25) is 0 Å². The van der Waals surface area contributed by atoms with Gasteiger partial charge in [-0.3, -0.25) is 0 Å². The van der Waals surface area contributed by atoms with E-state index < -0.39 is 0 Å². The fourth-order valence-electron chi connectivity index (χ4n) is 13.4. The molecule has 6 aromatic heterocycles. The summed E-state index contributed by atoms with van der Waals surface area (Å²) in [6, 6.07) is 95.9. The van der Waals surface area contributed by atoms with Crippen molar-refractivity contribution in [3.8, 4) is 17.1 Å². The summed E-state index contributed by atoms with van der Waals surface area (Å²) in [7, 11) is 0. The van der Waals surface area contributed by atoms with Gasteiger partial charge in [0.05, 0.1) is 0 Å². The van der Waals surface area contributed by atoms with Crippen molar-refractivity contribution in [1.29, 1.82) is 0 Å². The molecule has 0 spiro atoms. The first-order valence-corrected chi connectivity index (χ1v) is 32.0. The average Bonchev–Trinajstić information content (AvgIpc) is 4.30. The Hall–Kier alpha value is -8.60. The van der Waals surface area contributed by atoms with Gasteiger partial charge in [-0.1, -0.05) is 0 Å². The van der Waals surface area contributed by atoms with E-state index in [0.717, 1.165) is 34.1 Å². The van der Waals surface area contributed by atoms with Gasteiger partial charge in [-0.15, -0.1) is 0 Å². The number of hydrogen-bond donors (Lipinski definition) is 0. The Morgan fingerprint density at radius 3 is 0.772 bits per heavy atom. The molecule has 0 aliphatic rings. The van der Waals surface area contributed by atoms with Crippen molar-refractivity contribution in [2.45, 2.75) is 0 Å². The van der Waals surface area contributed by atoms with Crippen molar-refractivity contribution in [3.63, 3.8) is 0 Å². The predicted octanol–water partition coefficient (Wildman–Crippen LogP) is 18.5. The van der Waals surface area contributed by atoms with Crippen molar-refractivity contribution < 1.29 is 0 Å². The maximum absolute atomic E-state index is 2.47. The standard InChI is InChI=1S/C72H42N4Se3/c1-7-19-55-49(13-1)67-58(37-40-64-70(67)52-16-4-10-22-61(52)77-64)74(55)46-31-25-43(26-32-46)73(44-27-33-47(34-28-44)75-56-20-8-2-14-50(56)68-59(75)38-41-65-71(68)53-17-5-11-23-62(53)78-65)45-29-35-48(36-30-45)76-57-21-9-3-15-51(57)69-60(76)39-42-66-72(69)54-18-6-12-24-63(54)79-66/h1-42H. The predicted molar refractivity (Wildman–Crippen MR) is 340 cm³/mol. The molecule has 0 amide bonds. The van der Waals surface area contributed by atoms with E-state index in [2.05, 4.69) is 273 Å². The minimum atomic E-state index is 0.290. The van der Waals surface area contributed by atoms with E-state index in [0.29, 0.717) is 43.5 Å². The van der Waals surface area contributed by atoms with Crippen LogP contribution >= 0.6 is 0 Å². The summed E-state index contributed by atoms with van der Waals surface area (Å²) in [4.78, 5) is 2.42. The van der Waals surface area contributed by atoms with Gasteiger partial charge in [0.25, 0.3) is 0 Å². The molecule has 0 bridgehead atoms. The molecule has 18 rings (SSSR count). The molecule has 0 radical (unpaired) electrons. The van der Waals surface area contributed by atoms with Crippen LogP contribution in [0.25, 0.3) is 140 Å². The van der Waals surface area contributed by atoms with Crippen LogP contribution in [0.15, 0.2) is 255 Å². The molecule has 12 aromatic carbocycles. The van der Waals surface area contributed by atoms with Crippen LogP contribution in [0.5, 0.6) is 0 Å². The van der Waals surface area contributed by atoms with Gasteiger partial charge in [-0.2, -0.15) is 0 Å². The van der Waals surface area contributed by atoms with Crippen LogP contribution in [0.4, 0.5) is 17.1 Å². The molecule has 79 heavy (non-hydrogen) atoms. The van der Waals surface area contributed by atoms with E-state index in [-0.39, 0.29) is 0 Å². The summed E-state index contributed by atoms with van der Waals surface area (Å²) in [5, 5.41) is 16.3. The van der Waals surface area contributed by atoms with Gasteiger partial charge in [0.15, 0.2) is 0 Å². The first kappa shape index (κ1) is 44.4. The number of rotatable bonds is 6. The molecule has 0 N–H and O–H groups in total. The molecule has 368 valence electrons. The summed E-state index contributed by atoms with van der Waals surface area (Å²) in [5.41, 5.74) is 14.1. The van der Waals surface area contributed by atoms with E-state index in [9.17, 15) is 0 Å². The van der Waals surface area contributed by atoms with Crippen LogP contribution in [-0.2, 0) is 0 Å². The third-order valence-electron chi connectivity index (χ3n) is 16.6. The Bertz CT molecular complexity index is 5000. The van der Waals surface area contributed by atoms with Gasteiger partial charge < -0.3 is 0 Å². The number of benzene rings is 12. The molecule has 4 nitrogen and oxygen atoms in total.